The summed E-state index contributed by atoms with van der Waals surface area (Å²) in [5.74, 6) is 0.717. The van der Waals surface area contributed by atoms with E-state index in [2.05, 4.69) is 16.0 Å². The third kappa shape index (κ3) is 1.72. The maximum atomic E-state index is 5.69. The highest BCUT2D eigenvalue weighted by molar-refractivity contribution is 5.33. The van der Waals surface area contributed by atoms with Gasteiger partial charge in [0, 0.05) is 29.8 Å². The van der Waals surface area contributed by atoms with Gasteiger partial charge >= 0.3 is 0 Å². The minimum Gasteiger partial charge on any atom is -0.326 e. The van der Waals surface area contributed by atoms with Crippen molar-refractivity contribution in [2.24, 2.45) is 5.73 Å². The Kier molecular flexibility index (Phi) is 2.75. The van der Waals surface area contributed by atoms with Crippen LogP contribution in [-0.2, 0) is 6.54 Å². The molecule has 2 rings (SSSR count). The first-order valence-corrected chi connectivity index (χ1v) is 5.31. The number of nitrogens with two attached hydrogens (primary N) is 1. The Bertz CT molecular complexity index is 514. The van der Waals surface area contributed by atoms with Crippen molar-refractivity contribution in [1.82, 2.24) is 14.5 Å². The molecule has 0 bridgehead atoms. The molecule has 2 aromatic rings. The van der Waals surface area contributed by atoms with E-state index in [0.717, 1.165) is 28.6 Å². The average Bonchev–Trinajstić information content (AvgIpc) is 2.53. The zero-order chi connectivity index (χ0) is 11.7. The third-order valence-corrected chi connectivity index (χ3v) is 2.74. The van der Waals surface area contributed by atoms with Crippen LogP contribution in [0.15, 0.2) is 18.3 Å². The highest BCUT2D eigenvalue weighted by atomic mass is 15.2. The first-order chi connectivity index (χ1) is 7.63. The topological polar surface area (TPSA) is 56.7 Å². The zero-order valence-corrected chi connectivity index (χ0v) is 9.86. The van der Waals surface area contributed by atoms with Gasteiger partial charge in [-0.05, 0) is 38.5 Å². The number of hydrogen-bond donors (Lipinski definition) is 1. The van der Waals surface area contributed by atoms with E-state index >= 15 is 0 Å². The Hall–Kier alpha value is -1.68. The zero-order valence-electron chi connectivity index (χ0n) is 9.86. The summed E-state index contributed by atoms with van der Waals surface area (Å²) >= 11 is 0. The van der Waals surface area contributed by atoms with E-state index in [1.54, 1.807) is 6.20 Å². The molecule has 0 spiro atoms. The number of aryl methyl sites for hydroxylation is 2. The van der Waals surface area contributed by atoms with E-state index in [0.29, 0.717) is 6.54 Å². The normalized spacial score (nSPS) is 10.8. The summed E-state index contributed by atoms with van der Waals surface area (Å²) in [5.41, 5.74) is 10.0. The van der Waals surface area contributed by atoms with Crippen LogP contribution in [0.3, 0.4) is 0 Å². The quantitative estimate of drug-likeness (QED) is 0.830. The molecule has 0 fully saturated rings. The molecule has 0 radical (unpaired) electrons. The van der Waals surface area contributed by atoms with Gasteiger partial charge in [-0.1, -0.05) is 0 Å². The monoisotopic (exact) mass is 216 g/mol. The summed E-state index contributed by atoms with van der Waals surface area (Å²) in [4.78, 5) is 8.71. The van der Waals surface area contributed by atoms with Gasteiger partial charge in [-0.3, -0.25) is 4.57 Å². The molecular weight excluding hydrogens is 200 g/mol. The Morgan fingerprint density at radius 1 is 1.31 bits per heavy atom. The van der Waals surface area contributed by atoms with Crippen molar-refractivity contribution in [3.8, 4) is 5.95 Å². The summed E-state index contributed by atoms with van der Waals surface area (Å²) in [6.45, 7) is 6.59. The summed E-state index contributed by atoms with van der Waals surface area (Å²) in [7, 11) is 0. The minimum absolute atomic E-state index is 0.547. The molecule has 0 saturated heterocycles. The minimum atomic E-state index is 0.547. The van der Waals surface area contributed by atoms with E-state index in [-0.39, 0.29) is 0 Å². The van der Waals surface area contributed by atoms with Crippen molar-refractivity contribution in [2.75, 3.05) is 0 Å². The highest BCUT2D eigenvalue weighted by Crippen LogP contribution is 2.17. The van der Waals surface area contributed by atoms with E-state index in [1.807, 2.05) is 31.4 Å². The first-order valence-electron chi connectivity index (χ1n) is 5.31. The predicted molar refractivity (Wildman–Crippen MR) is 63.5 cm³/mol. The largest absolute Gasteiger partial charge is 0.326 e. The molecule has 2 aromatic heterocycles. The van der Waals surface area contributed by atoms with Crippen molar-refractivity contribution in [3.05, 3.63) is 41.0 Å². The molecule has 2 N–H and O–H groups in total. The van der Waals surface area contributed by atoms with Crippen molar-refractivity contribution in [2.45, 2.75) is 27.3 Å². The SMILES string of the molecule is Cc1ccnc(-n2c(C)cc(CN)c2C)n1. The molecule has 4 nitrogen and oxygen atoms in total. The maximum absolute atomic E-state index is 5.69. The lowest BCUT2D eigenvalue weighted by atomic mass is 10.2. The molecule has 0 aliphatic carbocycles. The lowest BCUT2D eigenvalue weighted by molar-refractivity contribution is 0.854. The van der Waals surface area contributed by atoms with Crippen LogP contribution in [0.1, 0.15) is 22.6 Å². The second-order valence-corrected chi connectivity index (χ2v) is 3.93. The van der Waals surface area contributed by atoms with Crippen LogP contribution >= 0.6 is 0 Å². The van der Waals surface area contributed by atoms with Crippen LogP contribution in [0.25, 0.3) is 5.95 Å². The van der Waals surface area contributed by atoms with Gasteiger partial charge in [-0.15, -0.1) is 0 Å². The summed E-state index contributed by atoms with van der Waals surface area (Å²) in [6.07, 6.45) is 1.78. The fourth-order valence-electron chi connectivity index (χ4n) is 1.89. The lowest BCUT2D eigenvalue weighted by Gasteiger charge is -2.07. The molecule has 2 heterocycles. The molecule has 0 saturated carbocycles. The molecule has 4 heteroatoms. The molecule has 0 unspecified atom stereocenters. The van der Waals surface area contributed by atoms with Crippen molar-refractivity contribution in [3.63, 3.8) is 0 Å². The maximum Gasteiger partial charge on any atom is 0.234 e. The van der Waals surface area contributed by atoms with Gasteiger partial charge in [-0.25, -0.2) is 9.97 Å². The number of aromatic nitrogens is 3. The van der Waals surface area contributed by atoms with Gasteiger partial charge in [0.1, 0.15) is 0 Å². The summed E-state index contributed by atoms with van der Waals surface area (Å²) < 4.78 is 2.04. The van der Waals surface area contributed by atoms with Crippen molar-refractivity contribution in [1.29, 1.82) is 0 Å². The Morgan fingerprint density at radius 3 is 2.62 bits per heavy atom. The molecule has 0 aromatic carbocycles. The molecule has 0 amide bonds. The van der Waals surface area contributed by atoms with E-state index in [4.69, 9.17) is 5.73 Å². The average molecular weight is 216 g/mol. The summed E-state index contributed by atoms with van der Waals surface area (Å²) in [6, 6.07) is 3.97. The van der Waals surface area contributed by atoms with Gasteiger partial charge in [0.15, 0.2) is 0 Å². The third-order valence-electron chi connectivity index (χ3n) is 2.74. The molecule has 16 heavy (non-hydrogen) atoms. The van der Waals surface area contributed by atoms with Crippen LogP contribution in [-0.4, -0.2) is 14.5 Å². The van der Waals surface area contributed by atoms with Gasteiger partial charge in [-0.2, -0.15) is 0 Å². The van der Waals surface area contributed by atoms with E-state index < -0.39 is 0 Å². The van der Waals surface area contributed by atoms with Crippen molar-refractivity contribution < 1.29 is 0 Å². The predicted octanol–water partition coefficient (Wildman–Crippen LogP) is 1.65. The van der Waals surface area contributed by atoms with Crippen LogP contribution < -0.4 is 5.73 Å². The van der Waals surface area contributed by atoms with Crippen molar-refractivity contribution >= 4 is 0 Å². The fraction of sp³-hybridized carbons (Fsp3) is 0.333. The Morgan fingerprint density at radius 2 is 2.06 bits per heavy atom. The van der Waals surface area contributed by atoms with E-state index in [9.17, 15) is 0 Å². The molecule has 84 valence electrons. The molecular formula is C12H16N4. The van der Waals surface area contributed by atoms with Crippen LogP contribution in [0.4, 0.5) is 0 Å². The standard InChI is InChI=1S/C12H16N4/c1-8-4-5-14-12(15-8)16-9(2)6-11(7-13)10(16)3/h4-6H,7,13H2,1-3H3. The Balaban J connectivity index is 2.60. The lowest BCUT2D eigenvalue weighted by Crippen LogP contribution is -2.06. The highest BCUT2D eigenvalue weighted by Gasteiger charge is 2.11. The fourth-order valence-corrected chi connectivity index (χ4v) is 1.89. The van der Waals surface area contributed by atoms with Crippen LogP contribution in [0, 0.1) is 20.8 Å². The summed E-state index contributed by atoms with van der Waals surface area (Å²) in [5, 5.41) is 0. The molecule has 0 aliphatic rings. The second kappa shape index (κ2) is 4.06. The molecule has 0 atom stereocenters. The first kappa shape index (κ1) is 10.8. The Labute approximate surface area is 95.1 Å². The smallest absolute Gasteiger partial charge is 0.234 e. The number of rotatable bonds is 2. The van der Waals surface area contributed by atoms with Gasteiger partial charge < -0.3 is 5.73 Å². The molecule has 0 aliphatic heterocycles. The van der Waals surface area contributed by atoms with E-state index in [1.165, 1.54) is 0 Å². The van der Waals surface area contributed by atoms with Gasteiger partial charge in [0.05, 0.1) is 0 Å². The number of hydrogen-bond acceptors (Lipinski definition) is 3. The van der Waals surface area contributed by atoms with Gasteiger partial charge in [0.25, 0.3) is 0 Å². The van der Waals surface area contributed by atoms with Gasteiger partial charge in [0.2, 0.25) is 5.95 Å². The van der Waals surface area contributed by atoms with Crippen LogP contribution in [0.2, 0.25) is 0 Å². The second-order valence-electron chi connectivity index (χ2n) is 3.93. The number of nitrogens with zero attached hydrogens (tertiary/aromatic N) is 3. The van der Waals surface area contributed by atoms with Crippen LogP contribution in [0.5, 0.6) is 0 Å².